The van der Waals surface area contributed by atoms with Crippen LogP contribution >= 0.6 is 0 Å². The zero-order valence-electron chi connectivity index (χ0n) is 25.2. The van der Waals surface area contributed by atoms with Crippen LogP contribution in [0.3, 0.4) is 0 Å². The van der Waals surface area contributed by atoms with Crippen molar-refractivity contribution in [2.24, 2.45) is 28.6 Å². The van der Waals surface area contributed by atoms with Crippen molar-refractivity contribution >= 4 is 17.7 Å². The molecular weight excluding hydrogens is 512 g/mol. The number of hydrogen-bond donors (Lipinski definition) is 3. The van der Waals surface area contributed by atoms with Crippen LogP contribution in [0.1, 0.15) is 87.5 Å². The largest absolute Gasteiger partial charge is 0.458 e. The fourth-order valence-corrected chi connectivity index (χ4v) is 7.95. The number of allylic oxidation sites excluding steroid dienone is 2. The zero-order valence-corrected chi connectivity index (χ0v) is 25.2. The van der Waals surface area contributed by atoms with E-state index in [0.29, 0.717) is 17.6 Å². The molecule has 8 nitrogen and oxygen atoms in total. The fourth-order valence-electron chi connectivity index (χ4n) is 7.95. The molecule has 4 rings (SSSR count). The SMILES string of the molecule is CCCCCC(=O)O[C@@]12C[C@@H](C)[C@]34C=C(C)[C@H](O)[C@@]3(O)[C@H](O)C(COC(=O)C(C)=C(C)C)=C[C@H](C4=O)[C@@H]1C2(C)C. The molecular formula is C32H46O8. The van der Waals surface area contributed by atoms with E-state index in [2.05, 4.69) is 6.92 Å². The van der Waals surface area contributed by atoms with Gasteiger partial charge in [-0.2, -0.15) is 0 Å². The van der Waals surface area contributed by atoms with Gasteiger partial charge in [0, 0.05) is 29.2 Å². The van der Waals surface area contributed by atoms with E-state index in [1.54, 1.807) is 39.8 Å². The lowest BCUT2D eigenvalue weighted by Crippen LogP contribution is -2.65. The molecule has 0 aromatic heterocycles. The maximum absolute atomic E-state index is 14.6. The van der Waals surface area contributed by atoms with E-state index >= 15 is 0 Å². The smallest absolute Gasteiger partial charge is 0.333 e. The average molecular weight is 559 g/mol. The maximum atomic E-state index is 14.6. The standard InChI is InChI=1S/C32H46O8/c1-9-10-11-12-23(33)40-31-15-19(5)30-14-18(4)25(34)32(30,38)26(35)21(16-39-28(37)20(6)17(2)3)13-22(27(30)36)24(31)29(31,7)8/h13-14,19,22,24-26,34-35,38H,9-12,15-16H2,1-8H3/t19-,22+,24-,25+,26-,30+,31+,32-/m1/s1. The number of carbonyl (C=O) groups excluding carboxylic acids is 3. The molecule has 2 fully saturated rings. The van der Waals surface area contributed by atoms with Crippen molar-refractivity contribution in [2.45, 2.75) is 111 Å². The highest BCUT2D eigenvalue weighted by molar-refractivity contribution is 5.96. The zero-order chi connectivity index (χ0) is 30.0. The predicted octanol–water partition coefficient (Wildman–Crippen LogP) is 3.97. The van der Waals surface area contributed by atoms with Gasteiger partial charge in [0.1, 0.15) is 30.0 Å². The van der Waals surface area contributed by atoms with Crippen LogP contribution in [0.2, 0.25) is 0 Å². The van der Waals surface area contributed by atoms with Crippen LogP contribution in [0.4, 0.5) is 0 Å². The Morgan fingerprint density at radius 3 is 2.35 bits per heavy atom. The predicted molar refractivity (Wildman–Crippen MR) is 149 cm³/mol. The molecule has 0 aromatic rings. The van der Waals surface area contributed by atoms with Crippen molar-refractivity contribution in [2.75, 3.05) is 6.61 Å². The van der Waals surface area contributed by atoms with Gasteiger partial charge in [-0.1, -0.05) is 58.3 Å². The summed E-state index contributed by atoms with van der Waals surface area (Å²) in [6, 6.07) is 0. The Labute approximate surface area is 237 Å². The van der Waals surface area contributed by atoms with E-state index < -0.39 is 58.0 Å². The van der Waals surface area contributed by atoms with Gasteiger partial charge in [0.15, 0.2) is 5.78 Å². The monoisotopic (exact) mass is 558 g/mol. The minimum Gasteiger partial charge on any atom is -0.458 e. The van der Waals surface area contributed by atoms with E-state index in [-0.39, 0.29) is 30.4 Å². The van der Waals surface area contributed by atoms with Gasteiger partial charge in [0.05, 0.1) is 5.41 Å². The summed E-state index contributed by atoms with van der Waals surface area (Å²) < 4.78 is 11.8. The number of unbranched alkanes of at least 4 members (excludes halogenated alkanes) is 2. The lowest BCUT2D eigenvalue weighted by atomic mass is 9.59. The van der Waals surface area contributed by atoms with Gasteiger partial charge >= 0.3 is 11.9 Å². The third-order valence-electron chi connectivity index (χ3n) is 10.6. The summed E-state index contributed by atoms with van der Waals surface area (Å²) in [5.74, 6) is -3.01. The molecule has 4 aliphatic carbocycles. The van der Waals surface area contributed by atoms with Crippen molar-refractivity contribution < 1.29 is 39.2 Å². The lowest BCUT2D eigenvalue weighted by molar-refractivity contribution is -0.192. The minimum atomic E-state index is -2.28. The molecule has 0 amide bonds. The minimum absolute atomic E-state index is 0.153. The van der Waals surface area contributed by atoms with Gasteiger partial charge in [-0.15, -0.1) is 0 Å². The highest BCUT2D eigenvalue weighted by Gasteiger charge is 2.83. The Bertz CT molecular complexity index is 1190. The number of Topliss-reactive ketones (excluding diaryl/α,β-unsaturated/α-hetero) is 1. The van der Waals surface area contributed by atoms with Crippen LogP contribution in [0, 0.1) is 28.6 Å². The molecule has 8 atom stereocenters. The van der Waals surface area contributed by atoms with Crippen molar-refractivity contribution in [3.8, 4) is 0 Å². The highest BCUT2D eigenvalue weighted by atomic mass is 16.6. The number of carbonyl (C=O) groups is 3. The molecule has 1 spiro atoms. The summed E-state index contributed by atoms with van der Waals surface area (Å²) in [6.45, 7) is 14.4. The molecule has 4 aliphatic rings. The summed E-state index contributed by atoms with van der Waals surface area (Å²) in [5.41, 5.74) is -3.65. The molecule has 0 saturated heterocycles. The summed E-state index contributed by atoms with van der Waals surface area (Å²) >= 11 is 0. The van der Waals surface area contributed by atoms with Crippen LogP contribution in [0.15, 0.2) is 34.4 Å². The highest BCUT2D eigenvalue weighted by Crippen LogP contribution is 2.75. The fraction of sp³-hybridized carbons (Fsp3) is 0.719. The van der Waals surface area contributed by atoms with Crippen molar-refractivity contribution in [3.05, 3.63) is 34.4 Å². The number of ether oxygens (including phenoxy) is 2. The van der Waals surface area contributed by atoms with Gasteiger partial charge in [-0.25, -0.2) is 4.79 Å². The van der Waals surface area contributed by atoms with Gasteiger partial charge < -0.3 is 24.8 Å². The Balaban J connectivity index is 1.82. The first-order chi connectivity index (χ1) is 18.5. The Kier molecular flexibility index (Phi) is 7.83. The van der Waals surface area contributed by atoms with Gasteiger partial charge in [0.2, 0.25) is 0 Å². The third kappa shape index (κ3) is 4.08. The van der Waals surface area contributed by atoms with Gasteiger partial charge in [-0.3, -0.25) is 9.59 Å². The summed E-state index contributed by atoms with van der Waals surface area (Å²) in [7, 11) is 0. The molecule has 2 saturated carbocycles. The number of hydrogen-bond acceptors (Lipinski definition) is 8. The molecule has 0 unspecified atom stereocenters. The van der Waals surface area contributed by atoms with Crippen LogP contribution < -0.4 is 0 Å². The Morgan fingerprint density at radius 2 is 1.75 bits per heavy atom. The molecule has 0 aromatic carbocycles. The van der Waals surface area contributed by atoms with Crippen LogP contribution in [-0.2, 0) is 23.9 Å². The van der Waals surface area contributed by atoms with E-state index in [0.717, 1.165) is 24.8 Å². The molecule has 2 bridgehead atoms. The van der Waals surface area contributed by atoms with Crippen LogP contribution in [0.25, 0.3) is 0 Å². The second-order valence-electron chi connectivity index (χ2n) is 13.3. The van der Waals surface area contributed by atoms with E-state index in [4.69, 9.17) is 9.47 Å². The normalized spacial score (nSPS) is 39.1. The Hall–Kier alpha value is -2.29. The second kappa shape index (κ2) is 10.2. The molecule has 0 heterocycles. The van der Waals surface area contributed by atoms with Gasteiger partial charge in [0.25, 0.3) is 0 Å². The first-order valence-corrected chi connectivity index (χ1v) is 14.6. The molecule has 222 valence electrons. The number of ketones is 1. The number of aliphatic hydroxyl groups is 3. The summed E-state index contributed by atoms with van der Waals surface area (Å²) in [6.07, 6.45) is 3.24. The number of aliphatic hydroxyl groups excluding tert-OH is 2. The van der Waals surface area contributed by atoms with Crippen molar-refractivity contribution in [1.29, 1.82) is 0 Å². The maximum Gasteiger partial charge on any atom is 0.333 e. The first kappa shape index (κ1) is 30.7. The Morgan fingerprint density at radius 1 is 1.10 bits per heavy atom. The lowest BCUT2D eigenvalue weighted by Gasteiger charge is -2.48. The summed E-state index contributed by atoms with van der Waals surface area (Å²) in [5, 5.41) is 35.3. The van der Waals surface area contributed by atoms with E-state index in [9.17, 15) is 29.7 Å². The summed E-state index contributed by atoms with van der Waals surface area (Å²) in [4.78, 5) is 40.3. The molecule has 0 radical (unpaired) electrons. The molecule has 0 aliphatic heterocycles. The molecule has 8 heteroatoms. The quantitative estimate of drug-likeness (QED) is 0.177. The number of rotatable bonds is 8. The van der Waals surface area contributed by atoms with Gasteiger partial charge in [-0.05, 0) is 57.6 Å². The third-order valence-corrected chi connectivity index (χ3v) is 10.6. The topological polar surface area (TPSA) is 130 Å². The van der Waals surface area contributed by atoms with E-state index in [1.807, 2.05) is 20.8 Å². The number of fused-ring (bicyclic) bond motifs is 3. The first-order valence-electron chi connectivity index (χ1n) is 14.6. The van der Waals surface area contributed by atoms with Crippen LogP contribution in [0.5, 0.6) is 0 Å². The van der Waals surface area contributed by atoms with Crippen molar-refractivity contribution in [1.82, 2.24) is 0 Å². The van der Waals surface area contributed by atoms with E-state index in [1.165, 1.54) is 0 Å². The van der Waals surface area contributed by atoms with Crippen LogP contribution in [-0.4, -0.2) is 63.1 Å². The average Bonchev–Trinajstić information content (AvgIpc) is 3.29. The molecule has 3 N–H and O–H groups in total. The molecule has 40 heavy (non-hydrogen) atoms. The van der Waals surface area contributed by atoms with Crippen molar-refractivity contribution in [3.63, 3.8) is 0 Å². The second-order valence-corrected chi connectivity index (χ2v) is 13.3. The number of esters is 2.